The van der Waals surface area contributed by atoms with Gasteiger partial charge in [0.1, 0.15) is 0 Å². The Morgan fingerprint density at radius 2 is 1.80 bits per heavy atom. The molecule has 0 radical (unpaired) electrons. The van der Waals surface area contributed by atoms with Crippen LogP contribution in [0.5, 0.6) is 0 Å². The van der Waals surface area contributed by atoms with Crippen molar-refractivity contribution in [1.82, 2.24) is 0 Å². The molecule has 0 aromatic rings. The second-order valence-corrected chi connectivity index (χ2v) is 1.64. The van der Waals surface area contributed by atoms with Gasteiger partial charge in [0.2, 0.25) is 0 Å². The number of nitrogens with zero attached hydrogens (tertiary/aromatic N) is 1. The number of hydrogen-bond donors (Lipinski definition) is 0. The largest absolute Gasteiger partial charge is 0.341 e. The van der Waals surface area contributed by atoms with Gasteiger partial charge in [-0.15, -0.1) is 0 Å². The van der Waals surface area contributed by atoms with E-state index in [1.165, 1.54) is 0 Å². The molecule has 2 heteroatoms. The molecule has 0 aromatic carbocycles. The average molecular weight is 87.2 g/mol. The van der Waals surface area contributed by atoms with Gasteiger partial charge in [-0.25, -0.2) is 0 Å². The normalized spacial score (nSPS) is 8.60. The third-order valence-corrected chi connectivity index (χ3v) is 1.10. The summed E-state index contributed by atoms with van der Waals surface area (Å²) in [6.45, 7) is 4.12. The van der Waals surface area contributed by atoms with Crippen LogP contribution in [0, 0.1) is 0 Å². The van der Waals surface area contributed by atoms with Crippen LogP contribution in [0.25, 0.3) is 0 Å². The highest BCUT2D eigenvalue weighted by Gasteiger charge is 1.73. The summed E-state index contributed by atoms with van der Waals surface area (Å²) in [5, 5.41) is 0. The van der Waals surface area contributed by atoms with Crippen molar-refractivity contribution in [2.75, 3.05) is 0 Å². The zero-order valence-corrected chi connectivity index (χ0v) is 5.15. The highest BCUT2D eigenvalue weighted by atomic mass is 28.1. The maximum atomic E-state index is 3.92. The van der Waals surface area contributed by atoms with Gasteiger partial charge in [-0.2, -0.15) is 0 Å². The first-order valence-electron chi connectivity index (χ1n) is 1.73. The standard InChI is InChI=1S/C3H9NSi/c1-3(2)4-5/h3H,5H2,1-2H3. The van der Waals surface area contributed by atoms with E-state index in [4.69, 9.17) is 0 Å². The molecule has 0 unspecified atom stereocenters. The SMILES string of the molecule is CC(C)N=[SiH2]. The Bertz CT molecular complexity index is 33.9. The van der Waals surface area contributed by atoms with E-state index in [-0.39, 0.29) is 0 Å². The molecule has 0 bridgehead atoms. The molecule has 0 spiro atoms. The lowest BCUT2D eigenvalue weighted by molar-refractivity contribution is 0.848. The lowest BCUT2D eigenvalue weighted by atomic mass is 10.4. The summed E-state index contributed by atoms with van der Waals surface area (Å²) in [5.41, 5.74) is 0. The molecule has 0 saturated heterocycles. The van der Waals surface area contributed by atoms with E-state index in [9.17, 15) is 0 Å². The first-order chi connectivity index (χ1) is 2.27. The van der Waals surface area contributed by atoms with Crippen molar-refractivity contribution < 1.29 is 0 Å². The van der Waals surface area contributed by atoms with Crippen LogP contribution < -0.4 is 0 Å². The van der Waals surface area contributed by atoms with Crippen LogP contribution >= 0.6 is 0 Å². The molecule has 0 amide bonds. The first-order valence-corrected chi connectivity index (χ1v) is 2.36. The highest BCUT2D eigenvalue weighted by Crippen LogP contribution is 1.77. The van der Waals surface area contributed by atoms with Gasteiger partial charge in [-0.1, -0.05) is 0 Å². The van der Waals surface area contributed by atoms with Crippen molar-refractivity contribution in [3.8, 4) is 0 Å². The summed E-state index contributed by atoms with van der Waals surface area (Å²) in [4.78, 5) is 0. The fourth-order valence-electron chi connectivity index (χ4n) is 0. The third-order valence-electron chi connectivity index (χ3n) is 0.365. The Morgan fingerprint density at radius 3 is 1.80 bits per heavy atom. The van der Waals surface area contributed by atoms with Crippen molar-refractivity contribution in [3.05, 3.63) is 0 Å². The maximum Gasteiger partial charge on any atom is 0.0891 e. The lowest BCUT2D eigenvalue weighted by Crippen LogP contribution is -1.82. The van der Waals surface area contributed by atoms with Crippen LogP contribution in [0.2, 0.25) is 0 Å². The van der Waals surface area contributed by atoms with Gasteiger partial charge in [0, 0.05) is 6.04 Å². The zero-order chi connectivity index (χ0) is 4.28. The Balaban J connectivity index is 2.83. The first kappa shape index (κ1) is 5.02. The summed E-state index contributed by atoms with van der Waals surface area (Å²) in [7, 11) is 1.66. The van der Waals surface area contributed by atoms with Gasteiger partial charge in [0.05, 0.1) is 10.0 Å². The molecule has 0 aliphatic heterocycles. The molecule has 0 saturated carbocycles. The van der Waals surface area contributed by atoms with E-state index in [2.05, 4.69) is 18.5 Å². The van der Waals surface area contributed by atoms with E-state index in [0.717, 1.165) is 0 Å². The van der Waals surface area contributed by atoms with Crippen LogP contribution in [0.4, 0.5) is 0 Å². The Hall–Kier alpha value is 0.0169. The molecule has 0 atom stereocenters. The van der Waals surface area contributed by atoms with Gasteiger partial charge in [0.15, 0.2) is 0 Å². The van der Waals surface area contributed by atoms with Crippen molar-refractivity contribution in [1.29, 1.82) is 0 Å². The van der Waals surface area contributed by atoms with Gasteiger partial charge >= 0.3 is 0 Å². The molecule has 0 heterocycles. The number of rotatable bonds is 1. The fourth-order valence-corrected chi connectivity index (χ4v) is 0. The molecule has 0 aliphatic carbocycles. The van der Waals surface area contributed by atoms with Crippen molar-refractivity contribution in [2.45, 2.75) is 19.9 Å². The van der Waals surface area contributed by atoms with Crippen LogP contribution in [0.1, 0.15) is 13.8 Å². The molecule has 1 nitrogen and oxygen atoms in total. The molecule has 0 fully saturated rings. The third kappa shape index (κ3) is 4.02. The zero-order valence-electron chi connectivity index (χ0n) is 3.73. The van der Waals surface area contributed by atoms with E-state index >= 15 is 0 Å². The second-order valence-electron chi connectivity index (χ2n) is 1.28. The molecule has 0 rings (SSSR count). The maximum absolute atomic E-state index is 3.92. The predicted molar refractivity (Wildman–Crippen MR) is 26.1 cm³/mol. The Kier molecular flexibility index (Phi) is 2.27. The quantitative estimate of drug-likeness (QED) is 0.405. The van der Waals surface area contributed by atoms with Crippen molar-refractivity contribution >= 4 is 10.0 Å². The van der Waals surface area contributed by atoms with Crippen LogP contribution in [0.3, 0.4) is 0 Å². The van der Waals surface area contributed by atoms with Crippen molar-refractivity contribution in [3.63, 3.8) is 0 Å². The lowest BCUT2D eigenvalue weighted by Gasteiger charge is -1.86. The minimum Gasteiger partial charge on any atom is -0.341 e. The summed E-state index contributed by atoms with van der Waals surface area (Å²) in [6.07, 6.45) is 0. The summed E-state index contributed by atoms with van der Waals surface area (Å²) in [6, 6.07) is 0.522. The molecule has 5 heavy (non-hydrogen) atoms. The molecule has 0 aromatic heterocycles. The molecular weight excluding hydrogens is 78.1 g/mol. The second kappa shape index (κ2) is 2.27. The smallest absolute Gasteiger partial charge is 0.0891 e. The Morgan fingerprint density at radius 1 is 1.60 bits per heavy atom. The van der Waals surface area contributed by atoms with Gasteiger partial charge in [-0.05, 0) is 13.8 Å². The topological polar surface area (TPSA) is 12.4 Å². The monoisotopic (exact) mass is 87.1 g/mol. The fraction of sp³-hybridized carbons (Fsp3) is 1.00. The van der Waals surface area contributed by atoms with E-state index < -0.39 is 0 Å². The van der Waals surface area contributed by atoms with Gasteiger partial charge in [0.25, 0.3) is 0 Å². The van der Waals surface area contributed by atoms with Gasteiger partial charge < -0.3 is 4.63 Å². The molecule has 0 aliphatic rings. The van der Waals surface area contributed by atoms with E-state index in [1.54, 1.807) is 10.0 Å². The highest BCUT2D eigenvalue weighted by molar-refractivity contribution is 5.92. The average Bonchev–Trinajstić information content (AvgIpc) is 1.38. The predicted octanol–water partition coefficient (Wildman–Crippen LogP) is 0.212. The Labute approximate surface area is 35.6 Å². The molecular formula is C3H9NSi. The molecule has 30 valence electrons. The van der Waals surface area contributed by atoms with Crippen molar-refractivity contribution in [2.24, 2.45) is 4.63 Å². The summed E-state index contributed by atoms with van der Waals surface area (Å²) in [5.74, 6) is 0. The van der Waals surface area contributed by atoms with Crippen LogP contribution in [-0.2, 0) is 0 Å². The minimum atomic E-state index is 0.522. The van der Waals surface area contributed by atoms with E-state index in [1.807, 2.05) is 0 Å². The number of hydrogen-bond acceptors (Lipinski definition) is 1. The summed E-state index contributed by atoms with van der Waals surface area (Å²) < 4.78 is 3.92. The van der Waals surface area contributed by atoms with Crippen LogP contribution in [0.15, 0.2) is 4.63 Å². The minimum absolute atomic E-state index is 0.522. The summed E-state index contributed by atoms with van der Waals surface area (Å²) >= 11 is 0. The van der Waals surface area contributed by atoms with Gasteiger partial charge in [-0.3, -0.25) is 0 Å². The van der Waals surface area contributed by atoms with E-state index in [0.29, 0.717) is 6.04 Å². The van der Waals surface area contributed by atoms with Crippen LogP contribution in [-0.4, -0.2) is 16.1 Å². The molecule has 0 N–H and O–H groups in total.